The summed E-state index contributed by atoms with van der Waals surface area (Å²) in [6.07, 6.45) is 3.44. The monoisotopic (exact) mass is 299 g/mol. The van der Waals surface area contributed by atoms with Crippen molar-refractivity contribution in [1.82, 2.24) is 5.32 Å². The molecule has 0 spiro atoms. The number of hydrogen-bond acceptors (Lipinski definition) is 2. The van der Waals surface area contributed by atoms with Crippen molar-refractivity contribution in [3.05, 3.63) is 28.2 Å². The lowest BCUT2D eigenvalue weighted by Gasteiger charge is -2.21. The Hall–Kier alpha value is -0.540. The quantitative estimate of drug-likeness (QED) is 0.810. The van der Waals surface area contributed by atoms with E-state index < -0.39 is 0 Å². The maximum absolute atomic E-state index is 5.45. The first-order valence-electron chi connectivity index (χ1n) is 6.29. The minimum absolute atomic E-state index is 0.382. The van der Waals surface area contributed by atoms with Crippen molar-refractivity contribution in [2.45, 2.75) is 39.2 Å². The van der Waals surface area contributed by atoms with E-state index in [1.165, 1.54) is 5.56 Å². The minimum Gasteiger partial charge on any atom is -0.496 e. The van der Waals surface area contributed by atoms with Gasteiger partial charge in [0.25, 0.3) is 0 Å². The largest absolute Gasteiger partial charge is 0.496 e. The highest BCUT2D eigenvalue weighted by atomic mass is 79.9. The summed E-state index contributed by atoms with van der Waals surface area (Å²) in [5, 5.41) is 3.59. The van der Waals surface area contributed by atoms with Crippen LogP contribution in [0.1, 0.15) is 44.7 Å². The summed E-state index contributed by atoms with van der Waals surface area (Å²) < 4.78 is 6.55. The zero-order valence-electron chi connectivity index (χ0n) is 10.9. The number of benzene rings is 1. The second kappa shape index (κ2) is 7.72. The first kappa shape index (κ1) is 14.5. The van der Waals surface area contributed by atoms with E-state index in [-0.39, 0.29) is 0 Å². The third-order valence-electron chi connectivity index (χ3n) is 2.79. The highest BCUT2D eigenvalue weighted by molar-refractivity contribution is 9.10. The van der Waals surface area contributed by atoms with Crippen molar-refractivity contribution in [1.29, 1.82) is 0 Å². The van der Waals surface area contributed by atoms with Gasteiger partial charge in [0.1, 0.15) is 5.75 Å². The molecule has 0 fully saturated rings. The lowest BCUT2D eigenvalue weighted by atomic mass is 10.0. The lowest BCUT2D eigenvalue weighted by Crippen LogP contribution is -2.22. The first-order chi connectivity index (χ1) is 8.22. The Balaban J connectivity index is 2.93. The zero-order chi connectivity index (χ0) is 12.7. The molecule has 1 atom stereocenters. The Labute approximate surface area is 113 Å². The van der Waals surface area contributed by atoms with E-state index in [0.29, 0.717) is 6.04 Å². The summed E-state index contributed by atoms with van der Waals surface area (Å²) in [4.78, 5) is 0. The number of halogens is 1. The van der Waals surface area contributed by atoms with Gasteiger partial charge in [0, 0.05) is 16.1 Å². The van der Waals surface area contributed by atoms with Crippen LogP contribution in [0.2, 0.25) is 0 Å². The molecule has 0 bridgehead atoms. The molecule has 1 unspecified atom stereocenters. The molecule has 17 heavy (non-hydrogen) atoms. The average Bonchev–Trinajstić information content (AvgIpc) is 2.34. The van der Waals surface area contributed by atoms with Crippen molar-refractivity contribution in [2.24, 2.45) is 0 Å². The van der Waals surface area contributed by atoms with Crippen LogP contribution in [0.5, 0.6) is 5.75 Å². The highest BCUT2D eigenvalue weighted by Crippen LogP contribution is 2.30. The molecule has 1 aromatic rings. The van der Waals surface area contributed by atoms with Gasteiger partial charge in [-0.25, -0.2) is 0 Å². The van der Waals surface area contributed by atoms with Crippen molar-refractivity contribution in [2.75, 3.05) is 13.7 Å². The smallest absolute Gasteiger partial charge is 0.123 e. The Kier molecular flexibility index (Phi) is 6.60. The number of hydrogen-bond donors (Lipinski definition) is 1. The van der Waals surface area contributed by atoms with Crippen molar-refractivity contribution in [3.8, 4) is 5.75 Å². The fraction of sp³-hybridized carbons (Fsp3) is 0.571. The molecule has 0 radical (unpaired) electrons. The van der Waals surface area contributed by atoms with Gasteiger partial charge in [0.05, 0.1) is 7.11 Å². The summed E-state index contributed by atoms with van der Waals surface area (Å²) in [5.74, 6) is 0.968. The van der Waals surface area contributed by atoms with Crippen LogP contribution in [0, 0.1) is 0 Å². The van der Waals surface area contributed by atoms with Gasteiger partial charge in [-0.3, -0.25) is 0 Å². The van der Waals surface area contributed by atoms with Gasteiger partial charge >= 0.3 is 0 Å². The van der Waals surface area contributed by atoms with E-state index in [1.54, 1.807) is 7.11 Å². The number of rotatable bonds is 7. The second-order valence-electron chi connectivity index (χ2n) is 4.18. The van der Waals surface area contributed by atoms with Crippen LogP contribution < -0.4 is 10.1 Å². The number of methoxy groups -OCH3 is 1. The molecule has 1 rings (SSSR count). The van der Waals surface area contributed by atoms with Crippen LogP contribution in [0.25, 0.3) is 0 Å². The van der Waals surface area contributed by atoms with Gasteiger partial charge in [0.2, 0.25) is 0 Å². The summed E-state index contributed by atoms with van der Waals surface area (Å²) in [7, 11) is 1.73. The molecule has 0 heterocycles. The van der Waals surface area contributed by atoms with Gasteiger partial charge in [-0.2, -0.15) is 0 Å². The maximum Gasteiger partial charge on any atom is 0.123 e. The minimum atomic E-state index is 0.382. The Morgan fingerprint density at radius 1 is 1.29 bits per heavy atom. The van der Waals surface area contributed by atoms with E-state index in [1.807, 2.05) is 12.1 Å². The average molecular weight is 300 g/mol. The first-order valence-corrected chi connectivity index (χ1v) is 7.09. The predicted molar refractivity (Wildman–Crippen MR) is 76.6 cm³/mol. The molecule has 0 amide bonds. The molecular formula is C14H22BrNO. The highest BCUT2D eigenvalue weighted by Gasteiger charge is 2.14. The fourth-order valence-corrected chi connectivity index (χ4v) is 2.33. The maximum atomic E-state index is 5.45. The van der Waals surface area contributed by atoms with Crippen molar-refractivity contribution >= 4 is 15.9 Å². The second-order valence-corrected chi connectivity index (χ2v) is 5.10. The van der Waals surface area contributed by atoms with Gasteiger partial charge in [-0.15, -0.1) is 0 Å². The molecule has 1 aromatic carbocycles. The topological polar surface area (TPSA) is 21.3 Å². The predicted octanol–water partition coefficient (Wildman–Crippen LogP) is 4.30. The van der Waals surface area contributed by atoms with Gasteiger partial charge in [-0.05, 0) is 37.6 Å². The molecule has 3 heteroatoms. The van der Waals surface area contributed by atoms with E-state index in [2.05, 4.69) is 41.2 Å². The summed E-state index contributed by atoms with van der Waals surface area (Å²) in [5.41, 5.74) is 1.25. The lowest BCUT2D eigenvalue weighted by molar-refractivity contribution is 0.394. The number of nitrogens with one attached hydrogen (secondary N) is 1. The van der Waals surface area contributed by atoms with Crippen LogP contribution >= 0.6 is 15.9 Å². The third-order valence-corrected chi connectivity index (χ3v) is 3.28. The van der Waals surface area contributed by atoms with Crippen LogP contribution in [0.4, 0.5) is 0 Å². The molecule has 2 nitrogen and oxygen atoms in total. The molecular weight excluding hydrogens is 278 g/mol. The molecule has 0 saturated carbocycles. The van der Waals surface area contributed by atoms with E-state index in [4.69, 9.17) is 4.74 Å². The molecule has 0 aromatic heterocycles. The Morgan fingerprint density at radius 2 is 2.06 bits per heavy atom. The molecule has 0 aliphatic carbocycles. The van der Waals surface area contributed by atoms with E-state index in [0.717, 1.165) is 36.0 Å². The molecule has 1 N–H and O–H groups in total. The third kappa shape index (κ3) is 4.32. The summed E-state index contributed by atoms with van der Waals surface area (Å²) >= 11 is 3.53. The van der Waals surface area contributed by atoms with E-state index >= 15 is 0 Å². The van der Waals surface area contributed by atoms with Crippen LogP contribution in [-0.2, 0) is 0 Å². The molecule has 0 aliphatic rings. The van der Waals surface area contributed by atoms with Crippen molar-refractivity contribution in [3.63, 3.8) is 0 Å². The number of ether oxygens (including phenoxy) is 1. The summed E-state index contributed by atoms with van der Waals surface area (Å²) in [6, 6.07) is 6.58. The van der Waals surface area contributed by atoms with Crippen LogP contribution in [0.15, 0.2) is 22.7 Å². The van der Waals surface area contributed by atoms with Crippen LogP contribution in [-0.4, -0.2) is 13.7 Å². The van der Waals surface area contributed by atoms with Gasteiger partial charge in [-0.1, -0.05) is 36.2 Å². The van der Waals surface area contributed by atoms with Gasteiger partial charge < -0.3 is 10.1 Å². The molecule has 0 saturated heterocycles. The standard InChI is InChI=1S/C14H22BrNO/c1-4-6-13(16-9-5-2)12-10-11(15)7-8-14(12)17-3/h7-8,10,13,16H,4-6,9H2,1-3H3. The Morgan fingerprint density at radius 3 is 2.65 bits per heavy atom. The zero-order valence-corrected chi connectivity index (χ0v) is 12.5. The van der Waals surface area contributed by atoms with Crippen LogP contribution in [0.3, 0.4) is 0 Å². The Bertz CT molecular complexity index is 341. The summed E-state index contributed by atoms with van der Waals surface area (Å²) in [6.45, 7) is 5.44. The SMILES string of the molecule is CCCNC(CCC)c1cc(Br)ccc1OC. The molecule has 0 aliphatic heterocycles. The normalized spacial score (nSPS) is 12.5. The fourth-order valence-electron chi connectivity index (χ4n) is 1.95. The molecule has 96 valence electrons. The van der Waals surface area contributed by atoms with Gasteiger partial charge in [0.15, 0.2) is 0 Å². The van der Waals surface area contributed by atoms with Crippen molar-refractivity contribution < 1.29 is 4.74 Å². The van der Waals surface area contributed by atoms with E-state index in [9.17, 15) is 0 Å².